The molecular weight excluding hydrogens is 374 g/mol. The number of tetrazole rings is 1. The molecule has 0 aliphatic rings. The minimum Gasteiger partial charge on any atom is -0.472 e. The normalized spacial score (nSPS) is 10.7. The smallest absolute Gasteiger partial charge is 0.252 e. The Balaban J connectivity index is 1.46. The van der Waals surface area contributed by atoms with Crippen molar-refractivity contribution in [2.75, 3.05) is 0 Å². The monoisotopic (exact) mass is 391 g/mol. The second-order valence-electron chi connectivity index (χ2n) is 5.94. The lowest BCUT2D eigenvalue weighted by molar-refractivity contribution is 0.0948. The molecule has 28 heavy (non-hydrogen) atoms. The van der Waals surface area contributed by atoms with Gasteiger partial charge in [0.2, 0.25) is 0 Å². The third-order valence-electron chi connectivity index (χ3n) is 4.06. The molecule has 0 unspecified atom stereocenters. The number of nitrogens with one attached hydrogen (secondary N) is 1. The number of para-hydroxylation sites is 1. The molecule has 1 N–H and O–H groups in total. The number of aromatic nitrogens is 4. The molecule has 0 aliphatic carbocycles. The molecule has 7 nitrogen and oxygen atoms in total. The fraction of sp³-hybridized carbons (Fsp3) is 0.100. The van der Waals surface area contributed by atoms with Crippen LogP contribution in [0, 0.1) is 0 Å². The van der Waals surface area contributed by atoms with Crippen molar-refractivity contribution in [2.45, 2.75) is 17.2 Å². The fourth-order valence-electron chi connectivity index (χ4n) is 2.66. The zero-order valence-corrected chi connectivity index (χ0v) is 15.7. The Morgan fingerprint density at radius 2 is 1.89 bits per heavy atom. The summed E-state index contributed by atoms with van der Waals surface area (Å²) in [6.45, 7) is 0.417. The average Bonchev–Trinajstić information content (AvgIpc) is 3.43. The average molecular weight is 391 g/mol. The summed E-state index contributed by atoms with van der Waals surface area (Å²) in [5.74, 6) is 1.12. The minimum atomic E-state index is -0.132. The van der Waals surface area contributed by atoms with Gasteiger partial charge >= 0.3 is 0 Å². The molecule has 0 saturated carbocycles. The van der Waals surface area contributed by atoms with E-state index in [-0.39, 0.29) is 5.91 Å². The summed E-state index contributed by atoms with van der Waals surface area (Å²) in [5.41, 5.74) is 2.43. The summed E-state index contributed by atoms with van der Waals surface area (Å²) in [6.07, 6.45) is 3.20. The lowest BCUT2D eigenvalue weighted by Crippen LogP contribution is -2.23. The topological polar surface area (TPSA) is 85.8 Å². The molecule has 4 rings (SSSR count). The number of rotatable bonds is 7. The zero-order valence-electron chi connectivity index (χ0n) is 14.9. The van der Waals surface area contributed by atoms with E-state index in [0.29, 0.717) is 23.7 Å². The Kier molecular flexibility index (Phi) is 5.48. The van der Waals surface area contributed by atoms with E-state index < -0.39 is 0 Å². The number of carbonyl (C=O) groups excluding carboxylic acids is 1. The van der Waals surface area contributed by atoms with Crippen molar-refractivity contribution in [3.63, 3.8) is 0 Å². The van der Waals surface area contributed by atoms with Gasteiger partial charge in [0.1, 0.15) is 0 Å². The van der Waals surface area contributed by atoms with E-state index in [1.54, 1.807) is 17.2 Å². The molecule has 1 amide bonds. The first-order valence-electron chi connectivity index (χ1n) is 8.65. The SMILES string of the molecule is O=C(NCc1ccoc1)c1ccccc1SCc1nnnn1-c1ccccc1. The molecule has 0 aliphatic heterocycles. The molecule has 4 aromatic rings. The van der Waals surface area contributed by atoms with Gasteiger partial charge in [-0.05, 0) is 40.8 Å². The van der Waals surface area contributed by atoms with Crippen molar-refractivity contribution in [1.82, 2.24) is 25.5 Å². The number of furan rings is 1. The van der Waals surface area contributed by atoms with E-state index in [9.17, 15) is 4.79 Å². The van der Waals surface area contributed by atoms with Crippen molar-refractivity contribution >= 4 is 17.7 Å². The van der Waals surface area contributed by atoms with Gasteiger partial charge in [-0.2, -0.15) is 4.68 Å². The van der Waals surface area contributed by atoms with Crippen LogP contribution in [0.1, 0.15) is 21.7 Å². The Morgan fingerprint density at radius 3 is 2.71 bits per heavy atom. The highest BCUT2D eigenvalue weighted by Crippen LogP contribution is 2.26. The number of hydrogen-bond donors (Lipinski definition) is 1. The van der Waals surface area contributed by atoms with Gasteiger partial charge in [-0.25, -0.2) is 0 Å². The van der Waals surface area contributed by atoms with Crippen molar-refractivity contribution < 1.29 is 9.21 Å². The summed E-state index contributed by atoms with van der Waals surface area (Å²) < 4.78 is 6.73. The maximum atomic E-state index is 12.6. The highest BCUT2D eigenvalue weighted by molar-refractivity contribution is 7.98. The first-order valence-corrected chi connectivity index (χ1v) is 9.63. The Morgan fingerprint density at radius 1 is 1.07 bits per heavy atom. The highest BCUT2D eigenvalue weighted by Gasteiger charge is 2.14. The van der Waals surface area contributed by atoms with E-state index in [4.69, 9.17) is 4.42 Å². The van der Waals surface area contributed by atoms with Crippen LogP contribution in [0.5, 0.6) is 0 Å². The summed E-state index contributed by atoms with van der Waals surface area (Å²) in [5, 5.41) is 14.9. The number of carbonyl (C=O) groups is 1. The van der Waals surface area contributed by atoms with Crippen molar-refractivity contribution in [3.05, 3.63) is 90.1 Å². The molecular formula is C20H17N5O2S. The van der Waals surface area contributed by atoms with Crippen LogP contribution < -0.4 is 5.32 Å². The maximum Gasteiger partial charge on any atom is 0.252 e. The number of thioether (sulfide) groups is 1. The molecule has 2 aromatic carbocycles. The number of amides is 1. The zero-order chi connectivity index (χ0) is 19.2. The van der Waals surface area contributed by atoms with Gasteiger partial charge < -0.3 is 9.73 Å². The maximum absolute atomic E-state index is 12.6. The number of benzene rings is 2. The minimum absolute atomic E-state index is 0.132. The first kappa shape index (κ1) is 18.0. The van der Waals surface area contributed by atoms with Crippen LogP contribution in [0.25, 0.3) is 5.69 Å². The molecule has 0 radical (unpaired) electrons. The van der Waals surface area contributed by atoms with Gasteiger partial charge in [0.25, 0.3) is 5.91 Å². The molecule has 0 atom stereocenters. The Hall–Kier alpha value is -3.39. The largest absolute Gasteiger partial charge is 0.472 e. The van der Waals surface area contributed by atoms with Crippen molar-refractivity contribution in [1.29, 1.82) is 0 Å². The molecule has 0 spiro atoms. The van der Waals surface area contributed by atoms with Gasteiger partial charge in [0.15, 0.2) is 5.82 Å². The lowest BCUT2D eigenvalue weighted by Gasteiger charge is -2.09. The van der Waals surface area contributed by atoms with E-state index in [1.165, 1.54) is 11.8 Å². The van der Waals surface area contributed by atoms with Crippen LogP contribution in [0.3, 0.4) is 0 Å². The third kappa shape index (κ3) is 4.12. The third-order valence-corrected chi connectivity index (χ3v) is 5.13. The molecule has 0 bridgehead atoms. The summed E-state index contributed by atoms with van der Waals surface area (Å²) in [4.78, 5) is 13.5. The predicted octanol–water partition coefficient (Wildman–Crippen LogP) is 3.48. The van der Waals surface area contributed by atoms with Crippen LogP contribution in [-0.2, 0) is 12.3 Å². The summed E-state index contributed by atoms with van der Waals surface area (Å²) >= 11 is 1.52. The number of nitrogens with zero attached hydrogens (tertiary/aromatic N) is 4. The predicted molar refractivity (Wildman–Crippen MR) is 105 cm³/mol. The van der Waals surface area contributed by atoms with Crippen LogP contribution >= 0.6 is 11.8 Å². The molecule has 2 heterocycles. The van der Waals surface area contributed by atoms with Gasteiger partial charge in [-0.3, -0.25) is 4.79 Å². The second kappa shape index (κ2) is 8.53. The van der Waals surface area contributed by atoms with E-state index in [2.05, 4.69) is 20.8 Å². The van der Waals surface area contributed by atoms with E-state index >= 15 is 0 Å². The first-order chi connectivity index (χ1) is 13.8. The van der Waals surface area contributed by atoms with E-state index in [1.807, 2.05) is 60.7 Å². The van der Waals surface area contributed by atoms with Crippen LogP contribution in [-0.4, -0.2) is 26.1 Å². The summed E-state index contributed by atoms with van der Waals surface area (Å²) in [6, 6.07) is 19.0. The number of hydrogen-bond acceptors (Lipinski definition) is 6. The van der Waals surface area contributed by atoms with Gasteiger partial charge in [-0.15, -0.1) is 16.9 Å². The van der Waals surface area contributed by atoms with Crippen molar-refractivity contribution in [2.24, 2.45) is 0 Å². The van der Waals surface area contributed by atoms with Crippen LogP contribution in [0.15, 0.2) is 82.5 Å². The molecule has 0 saturated heterocycles. The quantitative estimate of drug-likeness (QED) is 0.486. The van der Waals surface area contributed by atoms with Gasteiger partial charge in [-0.1, -0.05) is 30.3 Å². The lowest BCUT2D eigenvalue weighted by atomic mass is 10.2. The highest BCUT2D eigenvalue weighted by atomic mass is 32.2. The fourth-order valence-corrected chi connectivity index (χ4v) is 3.61. The standard InChI is InChI=1S/C20H17N5O2S/c26-20(21-12-15-10-11-27-13-15)17-8-4-5-9-18(17)28-14-19-22-23-24-25(19)16-6-2-1-3-7-16/h1-11,13H,12,14H2,(H,21,26). The molecule has 8 heteroatoms. The van der Waals surface area contributed by atoms with Crippen LogP contribution in [0.2, 0.25) is 0 Å². The van der Waals surface area contributed by atoms with Gasteiger partial charge in [0, 0.05) is 17.0 Å². The van der Waals surface area contributed by atoms with Crippen LogP contribution in [0.4, 0.5) is 0 Å². The van der Waals surface area contributed by atoms with E-state index in [0.717, 1.165) is 16.1 Å². The van der Waals surface area contributed by atoms with Crippen molar-refractivity contribution in [3.8, 4) is 5.69 Å². The molecule has 140 valence electrons. The van der Waals surface area contributed by atoms with Gasteiger partial charge in [0.05, 0.1) is 29.5 Å². The Labute approximate surface area is 165 Å². The molecule has 0 fully saturated rings. The molecule has 2 aromatic heterocycles. The second-order valence-corrected chi connectivity index (χ2v) is 6.96. The Bertz CT molecular complexity index is 1050. The summed E-state index contributed by atoms with van der Waals surface area (Å²) in [7, 11) is 0.